The smallest absolute Gasteiger partial charge is 0.240 e. The summed E-state index contributed by atoms with van der Waals surface area (Å²) in [5, 5.41) is 5.48. The predicted octanol–water partition coefficient (Wildman–Crippen LogP) is 2.46. The quantitative estimate of drug-likeness (QED) is 0.620. The minimum absolute atomic E-state index is 0.203. The minimum Gasteiger partial charge on any atom is -0.355 e. The Balaban J connectivity index is 1.94. The first-order valence-corrected chi connectivity index (χ1v) is 6.94. The Morgan fingerprint density at radius 2 is 1.85 bits per heavy atom. The maximum Gasteiger partial charge on any atom is 0.240 e. The molecule has 0 radical (unpaired) electrons. The van der Waals surface area contributed by atoms with Crippen LogP contribution in [0.5, 0.6) is 0 Å². The molecule has 1 aliphatic rings. The van der Waals surface area contributed by atoms with Crippen LogP contribution < -0.4 is 10.6 Å². The number of carbonyl (C=O) groups is 2. The molecule has 1 aromatic rings. The average Bonchev–Trinajstić information content (AvgIpc) is 3.23. The van der Waals surface area contributed by atoms with E-state index in [4.69, 9.17) is 0 Å². The van der Waals surface area contributed by atoms with Gasteiger partial charge in [-0.3, -0.25) is 9.59 Å². The van der Waals surface area contributed by atoms with Gasteiger partial charge in [-0.1, -0.05) is 13.3 Å². The van der Waals surface area contributed by atoms with E-state index in [9.17, 15) is 14.0 Å². The highest BCUT2D eigenvalue weighted by Gasteiger charge is 2.56. The number of nitrogens with one attached hydrogen (secondary N) is 2. The minimum atomic E-state index is -0.928. The van der Waals surface area contributed by atoms with Gasteiger partial charge in [-0.05, 0) is 43.5 Å². The summed E-state index contributed by atoms with van der Waals surface area (Å²) in [6.45, 7) is 2.64. The number of amides is 2. The fourth-order valence-electron chi connectivity index (χ4n) is 2.01. The monoisotopic (exact) mass is 278 g/mol. The van der Waals surface area contributed by atoms with Crippen LogP contribution in [0.1, 0.15) is 32.6 Å². The van der Waals surface area contributed by atoms with Crippen LogP contribution in [-0.4, -0.2) is 18.4 Å². The first kappa shape index (κ1) is 14.5. The van der Waals surface area contributed by atoms with Gasteiger partial charge in [0.05, 0.1) is 0 Å². The first-order valence-electron chi connectivity index (χ1n) is 6.94. The molecule has 108 valence electrons. The van der Waals surface area contributed by atoms with Gasteiger partial charge in [0, 0.05) is 12.2 Å². The molecule has 0 spiro atoms. The van der Waals surface area contributed by atoms with Crippen molar-refractivity contribution in [3.63, 3.8) is 0 Å². The molecule has 1 aromatic carbocycles. The van der Waals surface area contributed by atoms with Crippen LogP contribution >= 0.6 is 0 Å². The second-order valence-electron chi connectivity index (χ2n) is 5.15. The number of halogens is 1. The van der Waals surface area contributed by atoms with Crippen molar-refractivity contribution in [3.05, 3.63) is 30.1 Å². The van der Waals surface area contributed by atoms with Crippen LogP contribution in [0.4, 0.5) is 10.1 Å². The Hall–Kier alpha value is -1.91. The summed E-state index contributed by atoms with van der Waals surface area (Å²) in [5.41, 5.74) is -0.425. The maximum atomic E-state index is 12.8. The summed E-state index contributed by atoms with van der Waals surface area (Å²) in [5.74, 6) is -0.870. The van der Waals surface area contributed by atoms with Gasteiger partial charge < -0.3 is 10.6 Å². The summed E-state index contributed by atoms with van der Waals surface area (Å²) in [7, 11) is 0. The largest absolute Gasteiger partial charge is 0.355 e. The molecule has 0 unspecified atom stereocenters. The van der Waals surface area contributed by atoms with Gasteiger partial charge in [-0.25, -0.2) is 4.39 Å². The zero-order chi connectivity index (χ0) is 14.6. The van der Waals surface area contributed by atoms with Crippen LogP contribution in [0.25, 0.3) is 0 Å². The van der Waals surface area contributed by atoms with Gasteiger partial charge in [0.1, 0.15) is 11.2 Å². The molecule has 0 bridgehead atoms. The van der Waals surface area contributed by atoms with E-state index in [0.717, 1.165) is 12.8 Å². The van der Waals surface area contributed by atoms with E-state index >= 15 is 0 Å². The van der Waals surface area contributed by atoms with Crippen LogP contribution in [-0.2, 0) is 9.59 Å². The molecule has 2 amide bonds. The van der Waals surface area contributed by atoms with Crippen LogP contribution in [0.2, 0.25) is 0 Å². The molecule has 1 aliphatic carbocycles. The van der Waals surface area contributed by atoms with E-state index in [1.165, 1.54) is 24.3 Å². The third-order valence-corrected chi connectivity index (χ3v) is 3.54. The Bertz CT molecular complexity index is 495. The van der Waals surface area contributed by atoms with Crippen molar-refractivity contribution in [1.82, 2.24) is 5.32 Å². The Morgan fingerprint density at radius 1 is 1.20 bits per heavy atom. The van der Waals surface area contributed by atoms with E-state index in [1.807, 2.05) is 6.92 Å². The van der Waals surface area contributed by atoms with Crippen molar-refractivity contribution in [2.24, 2.45) is 5.41 Å². The molecule has 2 N–H and O–H groups in total. The maximum absolute atomic E-state index is 12.8. The van der Waals surface area contributed by atoms with Gasteiger partial charge in [-0.2, -0.15) is 0 Å². The van der Waals surface area contributed by atoms with Crippen molar-refractivity contribution in [2.45, 2.75) is 32.6 Å². The highest BCUT2D eigenvalue weighted by molar-refractivity contribution is 6.13. The van der Waals surface area contributed by atoms with E-state index in [0.29, 0.717) is 25.1 Å². The SMILES string of the molecule is CCCCNC(=O)C1(C(=O)Nc2ccc(F)cc2)CC1. The second-order valence-corrected chi connectivity index (χ2v) is 5.15. The fourth-order valence-corrected chi connectivity index (χ4v) is 2.01. The van der Waals surface area contributed by atoms with Crippen molar-refractivity contribution >= 4 is 17.5 Å². The summed E-state index contributed by atoms with van der Waals surface area (Å²) >= 11 is 0. The first-order chi connectivity index (χ1) is 9.58. The zero-order valence-electron chi connectivity index (χ0n) is 11.5. The zero-order valence-corrected chi connectivity index (χ0v) is 11.5. The number of rotatable bonds is 6. The number of carbonyl (C=O) groups excluding carboxylic acids is 2. The summed E-state index contributed by atoms with van der Waals surface area (Å²) in [6, 6.07) is 5.52. The molecule has 4 nitrogen and oxygen atoms in total. The molecule has 0 atom stereocenters. The summed E-state index contributed by atoms with van der Waals surface area (Å²) in [6.07, 6.45) is 3.03. The van der Waals surface area contributed by atoms with Crippen LogP contribution in [0, 0.1) is 11.2 Å². The second kappa shape index (κ2) is 6.03. The highest BCUT2D eigenvalue weighted by atomic mass is 19.1. The molecular formula is C15H19FN2O2. The normalized spacial score (nSPS) is 15.5. The Labute approximate surface area is 117 Å². The molecule has 0 heterocycles. The van der Waals surface area contributed by atoms with E-state index in [2.05, 4.69) is 10.6 Å². The fraction of sp³-hybridized carbons (Fsp3) is 0.467. The third-order valence-electron chi connectivity index (χ3n) is 3.54. The molecule has 0 aromatic heterocycles. The van der Waals surface area contributed by atoms with Crippen molar-refractivity contribution in [2.75, 3.05) is 11.9 Å². The topological polar surface area (TPSA) is 58.2 Å². The number of anilines is 1. The van der Waals surface area contributed by atoms with E-state index in [1.54, 1.807) is 0 Å². The number of hydrogen-bond donors (Lipinski definition) is 2. The third kappa shape index (κ3) is 3.15. The lowest BCUT2D eigenvalue weighted by Gasteiger charge is -2.15. The van der Waals surface area contributed by atoms with Crippen molar-refractivity contribution in [1.29, 1.82) is 0 Å². The molecule has 1 fully saturated rings. The van der Waals surface area contributed by atoms with E-state index < -0.39 is 5.41 Å². The van der Waals surface area contributed by atoms with Gasteiger partial charge in [0.25, 0.3) is 0 Å². The predicted molar refractivity (Wildman–Crippen MR) is 74.6 cm³/mol. The standard InChI is InChI=1S/C15H19FN2O2/c1-2-3-10-17-13(19)15(8-9-15)14(20)18-12-6-4-11(16)5-7-12/h4-7H,2-3,8-10H2,1H3,(H,17,19)(H,18,20). The summed E-state index contributed by atoms with van der Waals surface area (Å²) < 4.78 is 12.8. The Morgan fingerprint density at radius 3 is 2.40 bits per heavy atom. The molecule has 0 saturated heterocycles. The lowest BCUT2D eigenvalue weighted by Crippen LogP contribution is -2.40. The van der Waals surface area contributed by atoms with Crippen LogP contribution in [0.3, 0.4) is 0 Å². The van der Waals surface area contributed by atoms with Gasteiger partial charge >= 0.3 is 0 Å². The summed E-state index contributed by atoms with van der Waals surface area (Å²) in [4.78, 5) is 24.2. The number of unbranched alkanes of at least 4 members (excludes halogenated alkanes) is 1. The lowest BCUT2D eigenvalue weighted by atomic mass is 10.0. The average molecular weight is 278 g/mol. The highest BCUT2D eigenvalue weighted by Crippen LogP contribution is 2.46. The molecular weight excluding hydrogens is 259 g/mol. The molecule has 20 heavy (non-hydrogen) atoms. The van der Waals surface area contributed by atoms with Crippen LogP contribution in [0.15, 0.2) is 24.3 Å². The molecule has 0 aliphatic heterocycles. The number of hydrogen-bond acceptors (Lipinski definition) is 2. The van der Waals surface area contributed by atoms with E-state index in [-0.39, 0.29) is 17.6 Å². The molecule has 2 rings (SSSR count). The van der Waals surface area contributed by atoms with Gasteiger partial charge in [0.15, 0.2) is 0 Å². The number of benzene rings is 1. The Kier molecular flexibility index (Phi) is 4.37. The van der Waals surface area contributed by atoms with Crippen molar-refractivity contribution in [3.8, 4) is 0 Å². The van der Waals surface area contributed by atoms with Gasteiger partial charge in [0.2, 0.25) is 11.8 Å². The van der Waals surface area contributed by atoms with Gasteiger partial charge in [-0.15, -0.1) is 0 Å². The lowest BCUT2D eigenvalue weighted by molar-refractivity contribution is -0.134. The molecule has 5 heteroatoms. The molecule has 1 saturated carbocycles. The van der Waals surface area contributed by atoms with Crippen molar-refractivity contribution < 1.29 is 14.0 Å².